The summed E-state index contributed by atoms with van der Waals surface area (Å²) < 4.78 is 0. The van der Waals surface area contributed by atoms with Gasteiger partial charge in [-0.1, -0.05) is 36.4 Å². The third kappa shape index (κ3) is 2.37. The van der Waals surface area contributed by atoms with Gasteiger partial charge < -0.3 is 5.73 Å². The molecule has 0 bridgehead atoms. The smallest absolute Gasteiger partial charge is 0.114 e. The molecular weight excluding hydrogens is 276 g/mol. The van der Waals surface area contributed by atoms with Crippen LogP contribution < -0.4 is 5.73 Å². The Kier molecular flexibility index (Phi) is 3.24. The summed E-state index contributed by atoms with van der Waals surface area (Å²) in [7, 11) is 0. The summed E-state index contributed by atoms with van der Waals surface area (Å²) in [4.78, 5) is 6.25. The van der Waals surface area contributed by atoms with Gasteiger partial charge in [-0.25, -0.2) is 4.98 Å². The van der Waals surface area contributed by atoms with E-state index < -0.39 is 0 Å². The lowest BCUT2D eigenvalue weighted by Gasteiger charge is -2.10. The minimum atomic E-state index is -0.106. The molecule has 0 saturated heterocycles. The maximum atomic E-state index is 6.47. The largest absolute Gasteiger partial charge is 0.318 e. The molecule has 0 saturated carbocycles. The highest BCUT2D eigenvalue weighted by molar-refractivity contribution is 7.11. The van der Waals surface area contributed by atoms with Crippen LogP contribution >= 0.6 is 11.3 Å². The van der Waals surface area contributed by atoms with Gasteiger partial charge in [-0.05, 0) is 48.1 Å². The molecular formula is C18H18N2S. The number of aryl methyl sites for hydroxylation is 2. The third-order valence-electron chi connectivity index (χ3n) is 4.26. The summed E-state index contributed by atoms with van der Waals surface area (Å²) >= 11 is 1.81. The first-order chi connectivity index (χ1) is 10.3. The molecule has 3 aromatic rings. The van der Waals surface area contributed by atoms with Crippen LogP contribution in [-0.4, -0.2) is 4.98 Å². The topological polar surface area (TPSA) is 38.9 Å². The summed E-state index contributed by atoms with van der Waals surface area (Å²) in [6.45, 7) is 0. The molecule has 0 radical (unpaired) electrons. The van der Waals surface area contributed by atoms with Crippen molar-refractivity contribution in [1.82, 2.24) is 4.98 Å². The second-order valence-corrected chi connectivity index (χ2v) is 6.83. The Morgan fingerprint density at radius 1 is 1.00 bits per heavy atom. The lowest BCUT2D eigenvalue weighted by atomic mass is 10.0. The molecule has 1 aliphatic rings. The Hall–Kier alpha value is -1.71. The van der Waals surface area contributed by atoms with Gasteiger partial charge in [0.05, 0.1) is 11.7 Å². The van der Waals surface area contributed by atoms with Crippen molar-refractivity contribution in [2.45, 2.75) is 31.7 Å². The second kappa shape index (κ2) is 5.24. The average molecular weight is 294 g/mol. The van der Waals surface area contributed by atoms with Gasteiger partial charge in [0, 0.05) is 4.88 Å². The highest BCUT2D eigenvalue weighted by atomic mass is 32.1. The summed E-state index contributed by atoms with van der Waals surface area (Å²) in [5, 5.41) is 3.57. The number of nitrogens with zero attached hydrogens (tertiary/aromatic N) is 1. The van der Waals surface area contributed by atoms with Gasteiger partial charge in [-0.15, -0.1) is 11.3 Å². The molecule has 0 amide bonds. The van der Waals surface area contributed by atoms with Crippen molar-refractivity contribution in [3.63, 3.8) is 0 Å². The lowest BCUT2D eigenvalue weighted by molar-refractivity contribution is 0.678. The van der Waals surface area contributed by atoms with E-state index in [4.69, 9.17) is 10.7 Å². The first-order valence-electron chi connectivity index (χ1n) is 7.54. The van der Waals surface area contributed by atoms with Crippen LogP contribution in [0.3, 0.4) is 0 Å². The zero-order chi connectivity index (χ0) is 14.2. The van der Waals surface area contributed by atoms with Gasteiger partial charge in [0.15, 0.2) is 0 Å². The quantitative estimate of drug-likeness (QED) is 0.768. The zero-order valence-corrected chi connectivity index (χ0v) is 12.7. The fraction of sp³-hybridized carbons (Fsp3) is 0.278. The Balaban J connectivity index is 1.71. The molecule has 1 aliphatic carbocycles. The van der Waals surface area contributed by atoms with Crippen LogP contribution in [0.4, 0.5) is 0 Å². The van der Waals surface area contributed by atoms with Gasteiger partial charge >= 0.3 is 0 Å². The molecule has 1 aromatic heterocycles. The van der Waals surface area contributed by atoms with E-state index in [0.29, 0.717) is 0 Å². The monoisotopic (exact) mass is 294 g/mol. The number of thiazole rings is 1. The van der Waals surface area contributed by atoms with E-state index in [1.54, 1.807) is 0 Å². The summed E-state index contributed by atoms with van der Waals surface area (Å²) in [5.41, 5.74) is 8.91. The van der Waals surface area contributed by atoms with E-state index in [2.05, 4.69) is 42.5 Å². The second-order valence-electron chi connectivity index (χ2n) is 5.71. The SMILES string of the molecule is NC(c1ccc2ccccc2c1)c1nc2c(s1)CCCC2. The maximum Gasteiger partial charge on any atom is 0.114 e. The van der Waals surface area contributed by atoms with Crippen LogP contribution in [0.1, 0.15) is 40.0 Å². The molecule has 0 spiro atoms. The van der Waals surface area contributed by atoms with Crippen LogP contribution in [0.25, 0.3) is 10.8 Å². The molecule has 1 atom stereocenters. The van der Waals surface area contributed by atoms with E-state index in [1.165, 1.54) is 40.6 Å². The standard InChI is InChI=1S/C18H18N2S/c19-17(18-20-15-7-3-4-8-16(15)21-18)14-10-9-12-5-1-2-6-13(12)11-14/h1-2,5-6,9-11,17H,3-4,7-8,19H2. The molecule has 2 aromatic carbocycles. The van der Waals surface area contributed by atoms with Crippen molar-refractivity contribution >= 4 is 22.1 Å². The van der Waals surface area contributed by atoms with Crippen molar-refractivity contribution in [2.75, 3.05) is 0 Å². The Morgan fingerprint density at radius 3 is 2.67 bits per heavy atom. The highest BCUT2D eigenvalue weighted by Gasteiger charge is 2.19. The minimum absolute atomic E-state index is 0.106. The number of benzene rings is 2. The van der Waals surface area contributed by atoms with Crippen molar-refractivity contribution in [3.8, 4) is 0 Å². The summed E-state index contributed by atoms with van der Waals surface area (Å²) in [5.74, 6) is 0. The van der Waals surface area contributed by atoms with Gasteiger partial charge in [-0.2, -0.15) is 0 Å². The van der Waals surface area contributed by atoms with E-state index in [1.807, 2.05) is 11.3 Å². The number of aromatic nitrogens is 1. The summed E-state index contributed by atoms with van der Waals surface area (Å²) in [6.07, 6.45) is 4.86. The number of fused-ring (bicyclic) bond motifs is 2. The first kappa shape index (κ1) is 13.0. The van der Waals surface area contributed by atoms with E-state index >= 15 is 0 Å². The zero-order valence-electron chi connectivity index (χ0n) is 11.9. The molecule has 4 rings (SSSR count). The molecule has 1 heterocycles. The molecule has 2 N–H and O–H groups in total. The predicted molar refractivity (Wildman–Crippen MR) is 88.7 cm³/mol. The number of rotatable bonds is 2. The van der Waals surface area contributed by atoms with Crippen molar-refractivity contribution in [1.29, 1.82) is 0 Å². The van der Waals surface area contributed by atoms with E-state index in [-0.39, 0.29) is 6.04 Å². The Labute approximate surface area is 128 Å². The van der Waals surface area contributed by atoms with Crippen LogP contribution in [0.2, 0.25) is 0 Å². The normalized spacial score (nSPS) is 15.9. The molecule has 1 unspecified atom stereocenters. The maximum absolute atomic E-state index is 6.47. The fourth-order valence-corrected chi connectivity index (χ4v) is 4.23. The lowest BCUT2D eigenvalue weighted by Crippen LogP contribution is -2.11. The van der Waals surface area contributed by atoms with Crippen LogP contribution in [0, 0.1) is 0 Å². The van der Waals surface area contributed by atoms with Crippen LogP contribution in [0.15, 0.2) is 42.5 Å². The summed E-state index contributed by atoms with van der Waals surface area (Å²) in [6, 6.07) is 14.8. The molecule has 2 nitrogen and oxygen atoms in total. The number of hydrogen-bond donors (Lipinski definition) is 1. The minimum Gasteiger partial charge on any atom is -0.318 e. The van der Waals surface area contributed by atoms with Crippen LogP contribution in [0.5, 0.6) is 0 Å². The average Bonchev–Trinajstić information content (AvgIpc) is 2.97. The van der Waals surface area contributed by atoms with Crippen molar-refractivity contribution in [2.24, 2.45) is 5.73 Å². The van der Waals surface area contributed by atoms with Gasteiger partial charge in [-0.3, -0.25) is 0 Å². The molecule has 106 valence electrons. The molecule has 0 aliphatic heterocycles. The number of hydrogen-bond acceptors (Lipinski definition) is 3. The Bertz CT molecular complexity index is 767. The molecule has 0 fully saturated rings. The van der Waals surface area contributed by atoms with Crippen molar-refractivity contribution < 1.29 is 0 Å². The van der Waals surface area contributed by atoms with Gasteiger partial charge in [0.2, 0.25) is 0 Å². The molecule has 21 heavy (non-hydrogen) atoms. The third-order valence-corrected chi connectivity index (χ3v) is 5.50. The van der Waals surface area contributed by atoms with Gasteiger partial charge in [0.25, 0.3) is 0 Å². The van der Waals surface area contributed by atoms with Crippen molar-refractivity contribution in [3.05, 3.63) is 63.6 Å². The molecule has 3 heteroatoms. The van der Waals surface area contributed by atoms with E-state index in [9.17, 15) is 0 Å². The first-order valence-corrected chi connectivity index (χ1v) is 8.36. The fourth-order valence-electron chi connectivity index (χ4n) is 3.05. The highest BCUT2D eigenvalue weighted by Crippen LogP contribution is 2.32. The predicted octanol–water partition coefficient (Wildman–Crippen LogP) is 4.22. The number of nitrogens with two attached hydrogens (primary N) is 1. The van der Waals surface area contributed by atoms with E-state index in [0.717, 1.165) is 17.0 Å². The Morgan fingerprint density at radius 2 is 1.81 bits per heavy atom. The van der Waals surface area contributed by atoms with Gasteiger partial charge in [0.1, 0.15) is 5.01 Å². The van der Waals surface area contributed by atoms with Crippen LogP contribution in [-0.2, 0) is 12.8 Å².